The molecular weight excluding hydrogens is 270 g/mol. The molecule has 2 N–H and O–H groups in total. The first-order valence-corrected chi connectivity index (χ1v) is 6.48. The predicted molar refractivity (Wildman–Crippen MR) is 79.0 cm³/mol. The molecular formula is C15H13N3O3. The Bertz CT molecular complexity index is 787. The third kappa shape index (κ3) is 2.69. The number of hydrogen-bond donors (Lipinski definition) is 2. The maximum absolute atomic E-state index is 11.6. The summed E-state index contributed by atoms with van der Waals surface area (Å²) >= 11 is 0. The van der Waals surface area contributed by atoms with Crippen LogP contribution in [-0.2, 0) is 13.1 Å². The first kappa shape index (κ1) is 13.1. The van der Waals surface area contributed by atoms with Crippen LogP contribution in [0.4, 0.5) is 11.4 Å². The molecule has 6 heteroatoms. The summed E-state index contributed by atoms with van der Waals surface area (Å²) in [6.45, 7) is 0.799. The van der Waals surface area contributed by atoms with Gasteiger partial charge in [-0.1, -0.05) is 6.07 Å². The summed E-state index contributed by atoms with van der Waals surface area (Å²) in [5.41, 5.74) is 0.550. The molecule has 0 amide bonds. The number of nitrogens with one attached hydrogen (secondary N) is 2. The number of rotatable bonds is 6. The van der Waals surface area contributed by atoms with Gasteiger partial charge in [0.25, 0.3) is 10.9 Å². The zero-order valence-corrected chi connectivity index (χ0v) is 11.1. The van der Waals surface area contributed by atoms with Gasteiger partial charge in [0.05, 0.1) is 12.8 Å². The van der Waals surface area contributed by atoms with Crippen molar-refractivity contribution in [1.82, 2.24) is 4.98 Å². The minimum atomic E-state index is -0.504. The van der Waals surface area contributed by atoms with E-state index in [2.05, 4.69) is 15.6 Å². The SMILES string of the molecule is O=c1c(NCc2cccnc2)c(NCc2ccco2)c1=O. The minimum absolute atomic E-state index is 0.306. The van der Waals surface area contributed by atoms with Gasteiger partial charge in [-0.05, 0) is 23.8 Å². The molecule has 0 atom stereocenters. The number of hydrogen-bond acceptors (Lipinski definition) is 6. The van der Waals surface area contributed by atoms with Crippen LogP contribution in [0.1, 0.15) is 11.3 Å². The maximum Gasteiger partial charge on any atom is 0.253 e. The zero-order valence-electron chi connectivity index (χ0n) is 11.1. The van der Waals surface area contributed by atoms with Crippen molar-refractivity contribution in [1.29, 1.82) is 0 Å². The van der Waals surface area contributed by atoms with Crippen LogP contribution >= 0.6 is 0 Å². The van der Waals surface area contributed by atoms with Crippen molar-refractivity contribution >= 4 is 11.4 Å². The van der Waals surface area contributed by atoms with Gasteiger partial charge in [-0.2, -0.15) is 0 Å². The maximum atomic E-state index is 11.6. The van der Waals surface area contributed by atoms with Crippen molar-refractivity contribution in [3.63, 3.8) is 0 Å². The highest BCUT2D eigenvalue weighted by atomic mass is 16.3. The van der Waals surface area contributed by atoms with Crippen LogP contribution in [0.2, 0.25) is 0 Å². The van der Waals surface area contributed by atoms with Crippen LogP contribution in [0.3, 0.4) is 0 Å². The van der Waals surface area contributed by atoms with Gasteiger partial charge in [0.1, 0.15) is 17.1 Å². The van der Waals surface area contributed by atoms with E-state index in [1.165, 1.54) is 0 Å². The van der Waals surface area contributed by atoms with Crippen molar-refractivity contribution in [3.8, 4) is 0 Å². The number of furan rings is 1. The van der Waals surface area contributed by atoms with E-state index in [1.54, 1.807) is 30.8 Å². The fraction of sp³-hybridized carbons (Fsp3) is 0.133. The Morgan fingerprint density at radius 3 is 2.38 bits per heavy atom. The molecule has 21 heavy (non-hydrogen) atoms. The zero-order chi connectivity index (χ0) is 14.7. The molecule has 2 aromatic heterocycles. The van der Waals surface area contributed by atoms with Crippen LogP contribution < -0.4 is 21.5 Å². The van der Waals surface area contributed by atoms with Crippen LogP contribution in [0.5, 0.6) is 0 Å². The van der Waals surface area contributed by atoms with Crippen LogP contribution in [0, 0.1) is 0 Å². The molecule has 3 rings (SSSR count). The minimum Gasteiger partial charge on any atom is -0.467 e. The van der Waals surface area contributed by atoms with Crippen molar-refractivity contribution in [2.24, 2.45) is 0 Å². The van der Waals surface area contributed by atoms with E-state index in [-0.39, 0.29) is 0 Å². The highest BCUT2D eigenvalue weighted by Crippen LogP contribution is 2.16. The molecule has 0 radical (unpaired) electrons. The Morgan fingerprint density at radius 2 is 1.76 bits per heavy atom. The summed E-state index contributed by atoms with van der Waals surface area (Å²) in [5.74, 6) is 0.696. The fourth-order valence-electron chi connectivity index (χ4n) is 2.01. The molecule has 1 aromatic carbocycles. The first-order valence-electron chi connectivity index (χ1n) is 6.48. The smallest absolute Gasteiger partial charge is 0.253 e. The summed E-state index contributed by atoms with van der Waals surface area (Å²) in [6, 6.07) is 7.26. The van der Waals surface area contributed by atoms with E-state index >= 15 is 0 Å². The van der Waals surface area contributed by atoms with Crippen molar-refractivity contribution < 1.29 is 4.42 Å². The van der Waals surface area contributed by atoms with E-state index in [9.17, 15) is 9.59 Å². The lowest BCUT2D eigenvalue weighted by Gasteiger charge is -2.14. The van der Waals surface area contributed by atoms with Gasteiger partial charge >= 0.3 is 0 Å². The van der Waals surface area contributed by atoms with E-state index in [1.807, 2.05) is 12.1 Å². The van der Waals surface area contributed by atoms with Gasteiger partial charge in [0.2, 0.25) is 0 Å². The summed E-state index contributed by atoms with van der Waals surface area (Å²) in [4.78, 5) is 27.2. The monoisotopic (exact) mass is 283 g/mol. The lowest BCUT2D eigenvalue weighted by atomic mass is 10.1. The largest absolute Gasteiger partial charge is 0.467 e. The standard InChI is InChI=1S/C15H13N3O3/c19-14-12(17-8-10-3-1-5-16-7-10)13(15(14)20)18-9-11-4-2-6-21-11/h1-7,17-18H,8-9H2. The third-order valence-corrected chi connectivity index (χ3v) is 3.12. The highest BCUT2D eigenvalue weighted by molar-refractivity contribution is 5.73. The quantitative estimate of drug-likeness (QED) is 0.667. The van der Waals surface area contributed by atoms with E-state index in [0.29, 0.717) is 30.2 Å². The molecule has 0 aliphatic rings. The van der Waals surface area contributed by atoms with Crippen molar-refractivity contribution in [2.75, 3.05) is 10.6 Å². The third-order valence-electron chi connectivity index (χ3n) is 3.12. The van der Waals surface area contributed by atoms with Gasteiger partial charge in [-0.25, -0.2) is 0 Å². The second kappa shape index (κ2) is 5.62. The molecule has 2 heterocycles. The Morgan fingerprint density at radius 1 is 1.00 bits per heavy atom. The Hall–Kier alpha value is -2.89. The Labute approximate surface area is 120 Å². The van der Waals surface area contributed by atoms with Gasteiger partial charge in [0, 0.05) is 18.9 Å². The fourth-order valence-corrected chi connectivity index (χ4v) is 2.01. The molecule has 3 aromatic rings. The van der Waals surface area contributed by atoms with Crippen LogP contribution in [0.15, 0.2) is 56.9 Å². The second-order valence-corrected chi connectivity index (χ2v) is 4.56. The normalized spacial score (nSPS) is 10.7. The molecule has 0 spiro atoms. The molecule has 0 saturated heterocycles. The van der Waals surface area contributed by atoms with E-state index in [4.69, 9.17) is 4.42 Å². The number of anilines is 2. The van der Waals surface area contributed by atoms with Crippen LogP contribution in [-0.4, -0.2) is 4.98 Å². The summed E-state index contributed by atoms with van der Waals surface area (Å²) in [5, 5.41) is 5.90. The van der Waals surface area contributed by atoms with Crippen molar-refractivity contribution in [2.45, 2.75) is 13.1 Å². The van der Waals surface area contributed by atoms with Gasteiger partial charge in [0.15, 0.2) is 0 Å². The molecule has 0 bridgehead atoms. The first-order chi connectivity index (χ1) is 10.3. The average Bonchev–Trinajstić information content (AvgIpc) is 3.04. The molecule has 0 aliphatic carbocycles. The molecule has 0 fully saturated rings. The second-order valence-electron chi connectivity index (χ2n) is 4.56. The Kier molecular flexibility index (Phi) is 3.51. The summed E-state index contributed by atoms with van der Waals surface area (Å²) in [6.07, 6.45) is 4.94. The van der Waals surface area contributed by atoms with Gasteiger partial charge in [-0.15, -0.1) is 0 Å². The van der Waals surface area contributed by atoms with Crippen LogP contribution in [0.25, 0.3) is 0 Å². The number of aromatic nitrogens is 1. The topological polar surface area (TPSA) is 84.2 Å². The van der Waals surface area contributed by atoms with Gasteiger partial charge in [-0.3, -0.25) is 14.6 Å². The lowest BCUT2D eigenvalue weighted by Crippen LogP contribution is -2.37. The molecule has 0 saturated carbocycles. The van der Waals surface area contributed by atoms with E-state index < -0.39 is 10.9 Å². The lowest BCUT2D eigenvalue weighted by molar-refractivity contribution is 0.518. The summed E-state index contributed by atoms with van der Waals surface area (Å²) < 4.78 is 5.17. The van der Waals surface area contributed by atoms with E-state index in [0.717, 1.165) is 5.56 Å². The number of nitrogens with zero attached hydrogens (tertiary/aromatic N) is 1. The Balaban J connectivity index is 1.67. The number of pyridine rings is 1. The molecule has 106 valence electrons. The summed E-state index contributed by atoms with van der Waals surface area (Å²) in [7, 11) is 0. The highest BCUT2D eigenvalue weighted by Gasteiger charge is 2.20. The average molecular weight is 283 g/mol. The molecule has 0 aliphatic heterocycles. The molecule has 0 unspecified atom stereocenters. The van der Waals surface area contributed by atoms with Crippen molar-refractivity contribution in [3.05, 3.63) is 74.7 Å². The predicted octanol–water partition coefficient (Wildman–Crippen LogP) is 1.49. The van der Waals surface area contributed by atoms with Gasteiger partial charge < -0.3 is 15.1 Å². The molecule has 6 nitrogen and oxygen atoms in total.